The van der Waals surface area contributed by atoms with Gasteiger partial charge in [0.05, 0.1) is 6.10 Å². The first-order chi connectivity index (χ1) is 13.5. The molecule has 0 bridgehead atoms. The molecule has 4 aliphatic carbocycles. The second-order valence-corrected chi connectivity index (χ2v) is 9.92. The van der Waals surface area contributed by atoms with Gasteiger partial charge in [-0.15, -0.1) is 0 Å². The Bertz CT molecular complexity index is 807. The number of hydrogen-bond donors (Lipinski definition) is 1. The third-order valence-electron chi connectivity index (χ3n) is 8.40. The molecule has 0 aliphatic heterocycles. The smallest absolute Gasteiger partial charge is 0.305 e. The summed E-state index contributed by atoms with van der Waals surface area (Å²) >= 11 is 0. The molecule has 4 aliphatic rings. The third-order valence-corrected chi connectivity index (χ3v) is 8.40. The van der Waals surface area contributed by atoms with Crippen LogP contribution in [-0.2, 0) is 14.3 Å². The zero-order valence-electron chi connectivity index (χ0n) is 17.5. The number of fused-ring (bicyclic) bond motifs is 5. The molecule has 3 saturated carbocycles. The Kier molecular flexibility index (Phi) is 4.62. The van der Waals surface area contributed by atoms with Crippen molar-refractivity contribution in [3.63, 3.8) is 0 Å². The molecule has 160 valence electrons. The predicted molar refractivity (Wildman–Crippen MR) is 103 cm³/mol. The fourth-order valence-corrected chi connectivity index (χ4v) is 7.00. The topological polar surface area (TPSA) is 63.6 Å². The Morgan fingerprint density at radius 3 is 2.66 bits per heavy atom. The van der Waals surface area contributed by atoms with E-state index in [2.05, 4.69) is 0 Å². The SMILES string of the molecule is CCC(=O)O[C@H]1[C@H](C)C[C@H]2[C@@H]3C[C@H](F)C4=CC(=O)C=C[C@]4(C)C3(F)[C@@H](O)C[C@@]21C. The van der Waals surface area contributed by atoms with Gasteiger partial charge in [0.1, 0.15) is 12.3 Å². The molecule has 1 unspecified atom stereocenters. The van der Waals surface area contributed by atoms with Gasteiger partial charge in [0.2, 0.25) is 0 Å². The van der Waals surface area contributed by atoms with Gasteiger partial charge in [0.15, 0.2) is 11.5 Å². The van der Waals surface area contributed by atoms with Crippen molar-refractivity contribution in [2.45, 2.75) is 77.4 Å². The molecule has 0 aromatic carbocycles. The van der Waals surface area contributed by atoms with E-state index in [0.717, 1.165) is 0 Å². The highest BCUT2D eigenvalue weighted by Gasteiger charge is 2.73. The standard InChI is InChI=1S/C23H30F2O4/c1-5-19(28)29-20-12(2)8-14-15-10-17(24)16-9-13(26)6-7-22(16,4)23(15,25)18(27)11-21(14,20)3/h6-7,9,12,14-15,17-18,20,27H,5,8,10-11H2,1-4H3/t12-,14+,15+,17+,18+,20+,21+,22+,23?/m1/s1. The van der Waals surface area contributed by atoms with E-state index in [0.29, 0.717) is 6.42 Å². The zero-order valence-corrected chi connectivity index (χ0v) is 17.5. The Labute approximate surface area is 170 Å². The number of aliphatic hydroxyl groups excluding tert-OH is 1. The highest BCUT2D eigenvalue weighted by Crippen LogP contribution is 2.69. The largest absolute Gasteiger partial charge is 0.461 e. The van der Waals surface area contributed by atoms with Crippen LogP contribution in [0.4, 0.5) is 8.78 Å². The Morgan fingerprint density at radius 2 is 2.00 bits per heavy atom. The van der Waals surface area contributed by atoms with Gasteiger partial charge in [-0.2, -0.15) is 0 Å². The number of halogens is 2. The summed E-state index contributed by atoms with van der Waals surface area (Å²) in [5, 5.41) is 11.1. The minimum atomic E-state index is -2.08. The number of carbonyl (C=O) groups is 2. The number of esters is 1. The lowest BCUT2D eigenvalue weighted by Crippen LogP contribution is -2.68. The maximum absolute atomic E-state index is 16.9. The van der Waals surface area contributed by atoms with Crippen LogP contribution in [0.15, 0.2) is 23.8 Å². The number of ketones is 1. The van der Waals surface area contributed by atoms with E-state index in [-0.39, 0.29) is 48.4 Å². The molecule has 0 spiro atoms. The van der Waals surface area contributed by atoms with Crippen molar-refractivity contribution in [3.8, 4) is 0 Å². The van der Waals surface area contributed by atoms with Crippen LogP contribution in [0.1, 0.15) is 53.4 Å². The Morgan fingerprint density at radius 1 is 1.31 bits per heavy atom. The molecule has 0 saturated heterocycles. The first-order valence-electron chi connectivity index (χ1n) is 10.6. The molecule has 4 rings (SSSR count). The zero-order chi connectivity index (χ0) is 21.4. The summed E-state index contributed by atoms with van der Waals surface area (Å²) in [6, 6.07) is 0. The van der Waals surface area contributed by atoms with E-state index < -0.39 is 40.8 Å². The summed E-state index contributed by atoms with van der Waals surface area (Å²) in [7, 11) is 0. The Balaban J connectivity index is 1.78. The van der Waals surface area contributed by atoms with Gasteiger partial charge in [-0.05, 0) is 55.7 Å². The molecule has 9 atom stereocenters. The summed E-state index contributed by atoms with van der Waals surface area (Å²) < 4.78 is 37.9. The molecule has 1 N–H and O–H groups in total. The maximum Gasteiger partial charge on any atom is 0.305 e. The number of rotatable bonds is 2. The van der Waals surface area contributed by atoms with E-state index in [4.69, 9.17) is 4.74 Å². The van der Waals surface area contributed by atoms with Crippen LogP contribution >= 0.6 is 0 Å². The minimum Gasteiger partial charge on any atom is -0.461 e. The van der Waals surface area contributed by atoms with Gasteiger partial charge in [-0.3, -0.25) is 9.59 Å². The van der Waals surface area contributed by atoms with Crippen LogP contribution in [0.5, 0.6) is 0 Å². The van der Waals surface area contributed by atoms with Crippen molar-refractivity contribution in [2.24, 2.45) is 28.6 Å². The van der Waals surface area contributed by atoms with E-state index in [1.165, 1.54) is 18.2 Å². The molecule has 29 heavy (non-hydrogen) atoms. The average molecular weight is 408 g/mol. The maximum atomic E-state index is 16.9. The number of aliphatic hydroxyl groups is 1. The molecular formula is C23H30F2O4. The van der Waals surface area contributed by atoms with Gasteiger partial charge in [-0.25, -0.2) is 8.78 Å². The van der Waals surface area contributed by atoms with Crippen LogP contribution in [0, 0.1) is 28.6 Å². The molecular weight excluding hydrogens is 378 g/mol. The lowest BCUT2D eigenvalue weighted by Gasteiger charge is -2.62. The number of allylic oxidation sites excluding steroid dienone is 4. The monoisotopic (exact) mass is 408 g/mol. The lowest BCUT2D eigenvalue weighted by atomic mass is 9.45. The first kappa shape index (κ1) is 20.7. The molecule has 0 aromatic heterocycles. The molecule has 0 radical (unpaired) electrons. The number of hydrogen-bond acceptors (Lipinski definition) is 4. The van der Waals surface area contributed by atoms with E-state index >= 15 is 8.78 Å². The van der Waals surface area contributed by atoms with Crippen LogP contribution in [0.25, 0.3) is 0 Å². The Hall–Kier alpha value is -1.56. The van der Waals surface area contributed by atoms with Gasteiger partial charge in [0.25, 0.3) is 0 Å². The molecule has 6 heteroatoms. The predicted octanol–water partition coefficient (Wildman–Crippen LogP) is 3.87. The summed E-state index contributed by atoms with van der Waals surface area (Å²) in [6.45, 7) is 7.24. The van der Waals surface area contributed by atoms with Crippen LogP contribution < -0.4 is 0 Å². The second kappa shape index (κ2) is 6.47. The summed E-state index contributed by atoms with van der Waals surface area (Å²) in [4.78, 5) is 23.9. The summed E-state index contributed by atoms with van der Waals surface area (Å²) in [5.41, 5.74) is -3.93. The fraction of sp³-hybridized carbons (Fsp3) is 0.739. The highest BCUT2D eigenvalue weighted by molar-refractivity contribution is 6.01. The van der Waals surface area contributed by atoms with E-state index in [9.17, 15) is 14.7 Å². The quantitative estimate of drug-likeness (QED) is 0.705. The molecule has 0 aromatic rings. The van der Waals surface area contributed by atoms with Gasteiger partial charge in [0, 0.05) is 23.2 Å². The van der Waals surface area contributed by atoms with Crippen molar-refractivity contribution in [1.29, 1.82) is 0 Å². The number of ether oxygens (including phenoxy) is 1. The minimum absolute atomic E-state index is 0.00123. The van der Waals surface area contributed by atoms with Crippen LogP contribution in [-0.4, -0.2) is 40.9 Å². The van der Waals surface area contributed by atoms with Gasteiger partial charge in [-0.1, -0.05) is 26.8 Å². The number of carbonyl (C=O) groups excluding carboxylic acids is 2. The van der Waals surface area contributed by atoms with Gasteiger partial charge < -0.3 is 9.84 Å². The van der Waals surface area contributed by atoms with E-state index in [1.807, 2.05) is 13.8 Å². The van der Waals surface area contributed by atoms with Crippen LogP contribution in [0.2, 0.25) is 0 Å². The lowest BCUT2D eigenvalue weighted by molar-refractivity contribution is -0.212. The molecule has 0 amide bonds. The van der Waals surface area contributed by atoms with Crippen molar-refractivity contribution in [2.75, 3.05) is 0 Å². The van der Waals surface area contributed by atoms with Crippen molar-refractivity contribution >= 4 is 11.8 Å². The van der Waals surface area contributed by atoms with Crippen LogP contribution in [0.3, 0.4) is 0 Å². The highest BCUT2D eigenvalue weighted by atomic mass is 19.1. The molecule has 0 heterocycles. The first-order valence-corrected chi connectivity index (χ1v) is 10.6. The summed E-state index contributed by atoms with van der Waals surface area (Å²) in [5.74, 6) is -1.60. The van der Waals surface area contributed by atoms with Gasteiger partial charge >= 0.3 is 5.97 Å². The summed E-state index contributed by atoms with van der Waals surface area (Å²) in [6.07, 6.45) is 1.65. The third kappa shape index (κ3) is 2.57. The fourth-order valence-electron chi connectivity index (χ4n) is 7.00. The van der Waals surface area contributed by atoms with Crippen molar-refractivity contribution < 1.29 is 28.2 Å². The second-order valence-electron chi connectivity index (χ2n) is 9.92. The van der Waals surface area contributed by atoms with Crippen molar-refractivity contribution in [3.05, 3.63) is 23.8 Å². The van der Waals surface area contributed by atoms with E-state index in [1.54, 1.807) is 13.8 Å². The molecule has 3 fully saturated rings. The number of alkyl halides is 2. The normalized spacial score (nSPS) is 51.0. The average Bonchev–Trinajstić information content (AvgIpc) is 2.90. The molecule has 4 nitrogen and oxygen atoms in total. The van der Waals surface area contributed by atoms with Crippen molar-refractivity contribution in [1.82, 2.24) is 0 Å².